The Morgan fingerprint density at radius 1 is 1.35 bits per heavy atom. The van der Waals surface area contributed by atoms with Gasteiger partial charge in [-0.15, -0.1) is 0 Å². The van der Waals surface area contributed by atoms with E-state index in [-0.39, 0.29) is 18.4 Å². The number of halogens is 1. The Morgan fingerprint density at radius 3 is 2.70 bits per heavy atom. The molecule has 108 valence electrons. The number of amides is 2. The highest BCUT2D eigenvalue weighted by atomic mass is 35.5. The minimum Gasteiger partial charge on any atom is -0.343 e. The smallest absolute Gasteiger partial charge is 0.251 e. The largest absolute Gasteiger partial charge is 0.343 e. The topological polar surface area (TPSA) is 49.4 Å². The Hall–Kier alpha value is -1.55. The fourth-order valence-electron chi connectivity index (χ4n) is 2.39. The van der Waals surface area contributed by atoms with Crippen LogP contribution in [0.1, 0.15) is 30.1 Å². The van der Waals surface area contributed by atoms with Crippen molar-refractivity contribution in [3.05, 3.63) is 34.9 Å². The molecule has 1 aromatic carbocycles. The van der Waals surface area contributed by atoms with Crippen molar-refractivity contribution in [2.45, 2.75) is 19.8 Å². The zero-order chi connectivity index (χ0) is 14.5. The molecule has 5 heteroatoms. The Kier molecular flexibility index (Phi) is 5.01. The molecule has 1 aliphatic heterocycles. The number of carbonyl (C=O) groups is 2. The minimum absolute atomic E-state index is 0.0149. The molecule has 0 aromatic heterocycles. The van der Waals surface area contributed by atoms with Gasteiger partial charge in [0, 0.05) is 23.7 Å². The summed E-state index contributed by atoms with van der Waals surface area (Å²) in [5.74, 6) is 0.276. The highest BCUT2D eigenvalue weighted by molar-refractivity contribution is 6.30. The lowest BCUT2D eigenvalue weighted by atomic mass is 10.0. The van der Waals surface area contributed by atoms with Crippen molar-refractivity contribution in [2.75, 3.05) is 19.6 Å². The molecule has 0 unspecified atom stereocenters. The summed E-state index contributed by atoms with van der Waals surface area (Å²) in [5, 5.41) is 3.24. The first-order valence-corrected chi connectivity index (χ1v) is 7.25. The van der Waals surface area contributed by atoms with Gasteiger partial charge in [0.1, 0.15) is 0 Å². The zero-order valence-corrected chi connectivity index (χ0v) is 12.3. The summed E-state index contributed by atoms with van der Waals surface area (Å²) >= 11 is 5.77. The SMILES string of the molecule is C[C@H]1CCCN(C(=O)CNC(=O)c2ccc(Cl)cc2)C1. The number of hydrogen-bond acceptors (Lipinski definition) is 2. The Labute approximate surface area is 124 Å². The summed E-state index contributed by atoms with van der Waals surface area (Å²) in [5.41, 5.74) is 0.509. The Balaban J connectivity index is 1.83. The average molecular weight is 295 g/mol. The highest BCUT2D eigenvalue weighted by Crippen LogP contribution is 2.15. The van der Waals surface area contributed by atoms with E-state index in [0.29, 0.717) is 16.5 Å². The van der Waals surface area contributed by atoms with Crippen molar-refractivity contribution in [1.29, 1.82) is 0 Å². The lowest BCUT2D eigenvalue weighted by molar-refractivity contribution is -0.131. The van der Waals surface area contributed by atoms with Gasteiger partial charge in [0.2, 0.25) is 5.91 Å². The molecule has 20 heavy (non-hydrogen) atoms. The van der Waals surface area contributed by atoms with Gasteiger partial charge in [-0.1, -0.05) is 18.5 Å². The monoisotopic (exact) mass is 294 g/mol. The van der Waals surface area contributed by atoms with Gasteiger partial charge in [0.15, 0.2) is 0 Å². The number of nitrogens with one attached hydrogen (secondary N) is 1. The summed E-state index contributed by atoms with van der Waals surface area (Å²) in [6.07, 6.45) is 2.21. The quantitative estimate of drug-likeness (QED) is 0.930. The molecule has 0 aliphatic carbocycles. The van der Waals surface area contributed by atoms with E-state index in [0.717, 1.165) is 19.5 Å². The van der Waals surface area contributed by atoms with Crippen molar-refractivity contribution in [3.63, 3.8) is 0 Å². The third kappa shape index (κ3) is 3.97. The van der Waals surface area contributed by atoms with Crippen LogP contribution in [0.15, 0.2) is 24.3 Å². The van der Waals surface area contributed by atoms with E-state index in [1.165, 1.54) is 6.42 Å². The second-order valence-corrected chi connectivity index (χ2v) is 5.71. The molecule has 0 spiro atoms. The molecule has 0 radical (unpaired) electrons. The molecule has 0 saturated carbocycles. The van der Waals surface area contributed by atoms with Crippen LogP contribution in [0.4, 0.5) is 0 Å². The molecule has 4 nitrogen and oxygen atoms in total. The van der Waals surface area contributed by atoms with E-state index in [9.17, 15) is 9.59 Å². The van der Waals surface area contributed by atoms with E-state index in [2.05, 4.69) is 12.2 Å². The van der Waals surface area contributed by atoms with Crippen LogP contribution in [-0.4, -0.2) is 36.3 Å². The van der Waals surface area contributed by atoms with Crippen LogP contribution in [0.25, 0.3) is 0 Å². The molecule has 1 aliphatic rings. The standard InChI is InChI=1S/C15H19ClN2O2/c1-11-3-2-8-18(10-11)14(19)9-17-15(20)12-4-6-13(16)7-5-12/h4-7,11H,2-3,8-10H2,1H3,(H,17,20)/t11-/m0/s1. The summed E-state index contributed by atoms with van der Waals surface area (Å²) in [6.45, 7) is 3.77. The predicted octanol–water partition coefficient (Wildman–Crippen LogP) is 2.33. The van der Waals surface area contributed by atoms with Gasteiger partial charge in [-0.25, -0.2) is 0 Å². The number of likely N-dealkylation sites (tertiary alicyclic amines) is 1. The summed E-state index contributed by atoms with van der Waals surface area (Å²) < 4.78 is 0. The third-order valence-electron chi connectivity index (χ3n) is 3.52. The van der Waals surface area contributed by atoms with E-state index < -0.39 is 0 Å². The van der Waals surface area contributed by atoms with E-state index in [1.54, 1.807) is 24.3 Å². The van der Waals surface area contributed by atoms with Crippen LogP contribution in [0.5, 0.6) is 0 Å². The number of carbonyl (C=O) groups excluding carboxylic acids is 2. The van der Waals surface area contributed by atoms with Gasteiger partial charge in [0.05, 0.1) is 6.54 Å². The second-order valence-electron chi connectivity index (χ2n) is 5.28. The van der Waals surface area contributed by atoms with Gasteiger partial charge in [-0.3, -0.25) is 9.59 Å². The second kappa shape index (κ2) is 6.75. The molecule has 1 fully saturated rings. The van der Waals surface area contributed by atoms with Crippen LogP contribution in [0.3, 0.4) is 0 Å². The number of hydrogen-bond donors (Lipinski definition) is 1. The van der Waals surface area contributed by atoms with Crippen molar-refractivity contribution >= 4 is 23.4 Å². The van der Waals surface area contributed by atoms with Crippen LogP contribution >= 0.6 is 11.6 Å². The van der Waals surface area contributed by atoms with Crippen molar-refractivity contribution < 1.29 is 9.59 Å². The zero-order valence-electron chi connectivity index (χ0n) is 11.6. The number of rotatable bonds is 3. The van der Waals surface area contributed by atoms with Crippen LogP contribution < -0.4 is 5.32 Å². The van der Waals surface area contributed by atoms with Crippen LogP contribution in [0, 0.1) is 5.92 Å². The maximum atomic E-state index is 12.0. The molecular formula is C15H19ClN2O2. The number of benzene rings is 1. The molecule has 1 saturated heterocycles. The fraction of sp³-hybridized carbons (Fsp3) is 0.467. The van der Waals surface area contributed by atoms with E-state index >= 15 is 0 Å². The average Bonchev–Trinajstić information content (AvgIpc) is 2.45. The van der Waals surface area contributed by atoms with Gasteiger partial charge in [-0.05, 0) is 43.0 Å². The van der Waals surface area contributed by atoms with E-state index in [1.807, 2.05) is 4.90 Å². The number of nitrogens with zero attached hydrogens (tertiary/aromatic N) is 1. The van der Waals surface area contributed by atoms with Crippen molar-refractivity contribution in [2.24, 2.45) is 5.92 Å². The molecule has 2 rings (SSSR count). The number of piperidine rings is 1. The van der Waals surface area contributed by atoms with Gasteiger partial charge >= 0.3 is 0 Å². The lowest BCUT2D eigenvalue weighted by Crippen LogP contribution is -2.44. The fourth-order valence-corrected chi connectivity index (χ4v) is 2.51. The van der Waals surface area contributed by atoms with Gasteiger partial charge in [-0.2, -0.15) is 0 Å². The molecule has 1 N–H and O–H groups in total. The normalized spacial score (nSPS) is 18.7. The Bertz CT molecular complexity index is 487. The Morgan fingerprint density at radius 2 is 2.05 bits per heavy atom. The molecular weight excluding hydrogens is 276 g/mol. The lowest BCUT2D eigenvalue weighted by Gasteiger charge is -2.31. The van der Waals surface area contributed by atoms with Crippen LogP contribution in [0.2, 0.25) is 5.02 Å². The molecule has 1 atom stereocenters. The first-order chi connectivity index (χ1) is 9.56. The first-order valence-electron chi connectivity index (χ1n) is 6.88. The summed E-state index contributed by atoms with van der Waals surface area (Å²) in [6, 6.07) is 6.60. The summed E-state index contributed by atoms with van der Waals surface area (Å²) in [7, 11) is 0. The van der Waals surface area contributed by atoms with Crippen molar-refractivity contribution in [1.82, 2.24) is 10.2 Å². The van der Waals surface area contributed by atoms with E-state index in [4.69, 9.17) is 11.6 Å². The maximum Gasteiger partial charge on any atom is 0.251 e. The minimum atomic E-state index is -0.250. The third-order valence-corrected chi connectivity index (χ3v) is 3.77. The molecule has 0 bridgehead atoms. The highest BCUT2D eigenvalue weighted by Gasteiger charge is 2.21. The molecule has 1 aromatic rings. The molecule has 2 amide bonds. The predicted molar refractivity (Wildman–Crippen MR) is 78.8 cm³/mol. The maximum absolute atomic E-state index is 12.0. The summed E-state index contributed by atoms with van der Waals surface area (Å²) in [4.78, 5) is 25.7. The molecule has 1 heterocycles. The first kappa shape index (κ1) is 14.9. The van der Waals surface area contributed by atoms with Crippen molar-refractivity contribution in [3.8, 4) is 0 Å². The van der Waals surface area contributed by atoms with Crippen LogP contribution in [-0.2, 0) is 4.79 Å². The van der Waals surface area contributed by atoms with Gasteiger partial charge in [0.25, 0.3) is 5.91 Å². The van der Waals surface area contributed by atoms with Gasteiger partial charge < -0.3 is 10.2 Å².